The van der Waals surface area contributed by atoms with Crippen molar-refractivity contribution in [3.63, 3.8) is 0 Å². The van der Waals surface area contributed by atoms with Gasteiger partial charge in [0.25, 0.3) is 5.91 Å². The third-order valence-corrected chi connectivity index (χ3v) is 5.10. The summed E-state index contributed by atoms with van der Waals surface area (Å²) in [7, 11) is 0. The molecule has 1 saturated heterocycles. The number of thiazole rings is 1. The first kappa shape index (κ1) is 18.0. The van der Waals surface area contributed by atoms with E-state index in [-0.39, 0.29) is 11.9 Å². The molecule has 6 nitrogen and oxygen atoms in total. The Bertz CT molecular complexity index is 671. The molecule has 0 radical (unpaired) electrons. The number of aromatic nitrogens is 1. The highest BCUT2D eigenvalue weighted by Gasteiger charge is 2.21. The first-order valence-corrected chi connectivity index (χ1v) is 9.44. The zero-order valence-corrected chi connectivity index (χ0v) is 15.0. The van der Waals surface area contributed by atoms with Gasteiger partial charge in [-0.25, -0.2) is 4.98 Å². The molecule has 1 aliphatic heterocycles. The second-order valence-corrected chi connectivity index (χ2v) is 6.96. The van der Waals surface area contributed by atoms with Gasteiger partial charge in [0.15, 0.2) is 0 Å². The Hall–Kier alpha value is -1.80. The fourth-order valence-corrected chi connectivity index (χ4v) is 3.64. The molecule has 0 aliphatic carbocycles. The number of ether oxygens (including phenoxy) is 1. The van der Waals surface area contributed by atoms with Crippen LogP contribution in [0.15, 0.2) is 35.7 Å². The maximum atomic E-state index is 12.6. The Labute approximate surface area is 152 Å². The third-order valence-electron chi connectivity index (χ3n) is 4.19. The van der Waals surface area contributed by atoms with Gasteiger partial charge < -0.3 is 15.8 Å². The number of nitrogens with one attached hydrogen (secondary N) is 1. The van der Waals surface area contributed by atoms with Crippen molar-refractivity contribution in [2.75, 3.05) is 39.4 Å². The number of carbonyl (C=O) groups is 1. The van der Waals surface area contributed by atoms with Gasteiger partial charge in [0.2, 0.25) is 0 Å². The van der Waals surface area contributed by atoms with Crippen LogP contribution in [-0.4, -0.2) is 55.2 Å². The Morgan fingerprint density at radius 3 is 2.80 bits per heavy atom. The minimum Gasteiger partial charge on any atom is -0.379 e. The fraction of sp³-hybridized carbons (Fsp3) is 0.444. The predicted octanol–water partition coefficient (Wildman–Crippen LogP) is 1.45. The molecule has 134 valence electrons. The van der Waals surface area contributed by atoms with E-state index in [2.05, 4.69) is 15.2 Å². The van der Waals surface area contributed by atoms with Crippen molar-refractivity contribution in [2.45, 2.75) is 12.5 Å². The lowest BCUT2D eigenvalue weighted by atomic mass is 10.1. The smallest absolute Gasteiger partial charge is 0.271 e. The van der Waals surface area contributed by atoms with Gasteiger partial charge in [-0.1, -0.05) is 30.3 Å². The van der Waals surface area contributed by atoms with Crippen molar-refractivity contribution in [1.29, 1.82) is 0 Å². The number of amides is 1. The van der Waals surface area contributed by atoms with E-state index >= 15 is 0 Å². The average Bonchev–Trinajstić information content (AvgIpc) is 3.12. The Morgan fingerprint density at radius 1 is 1.32 bits per heavy atom. The quantitative estimate of drug-likeness (QED) is 0.781. The summed E-state index contributed by atoms with van der Waals surface area (Å²) in [6.45, 7) is 4.55. The summed E-state index contributed by atoms with van der Waals surface area (Å²) in [5, 5.41) is 5.85. The summed E-state index contributed by atoms with van der Waals surface area (Å²) in [5.41, 5.74) is 7.12. The van der Waals surface area contributed by atoms with Crippen LogP contribution >= 0.6 is 11.3 Å². The largest absolute Gasteiger partial charge is 0.379 e. The standard InChI is InChI=1S/C18H24N4O2S/c19-7-6-17-20-16(13-25-17)18(23)21-15(14-4-2-1-3-5-14)12-22-8-10-24-11-9-22/h1-5,13,15H,6-12,19H2,(H,21,23). The van der Waals surface area contributed by atoms with Crippen molar-refractivity contribution in [1.82, 2.24) is 15.2 Å². The predicted molar refractivity (Wildman–Crippen MR) is 98.8 cm³/mol. The summed E-state index contributed by atoms with van der Waals surface area (Å²) in [6.07, 6.45) is 0.702. The minimum absolute atomic E-state index is 0.0774. The third kappa shape index (κ3) is 5.09. The molecule has 0 spiro atoms. The molecule has 1 aromatic heterocycles. The van der Waals surface area contributed by atoms with Crippen LogP contribution in [0.2, 0.25) is 0 Å². The van der Waals surface area contributed by atoms with Crippen LogP contribution in [0.5, 0.6) is 0 Å². The van der Waals surface area contributed by atoms with E-state index in [0.717, 1.165) is 43.4 Å². The second-order valence-electron chi connectivity index (χ2n) is 6.01. The molecule has 1 atom stereocenters. The van der Waals surface area contributed by atoms with Crippen molar-refractivity contribution < 1.29 is 9.53 Å². The molecule has 1 fully saturated rings. The van der Waals surface area contributed by atoms with E-state index in [1.54, 1.807) is 5.38 Å². The van der Waals surface area contributed by atoms with Gasteiger partial charge in [-0.3, -0.25) is 9.69 Å². The van der Waals surface area contributed by atoms with Gasteiger partial charge in [0.1, 0.15) is 5.69 Å². The maximum absolute atomic E-state index is 12.6. The second kappa shape index (κ2) is 9.05. The zero-order valence-electron chi connectivity index (χ0n) is 14.2. The molecule has 3 N–H and O–H groups in total. The van der Waals surface area contributed by atoms with E-state index < -0.39 is 0 Å². The molecule has 7 heteroatoms. The highest BCUT2D eigenvalue weighted by molar-refractivity contribution is 7.09. The van der Waals surface area contributed by atoms with Crippen LogP contribution in [0.25, 0.3) is 0 Å². The molecule has 1 aliphatic rings. The van der Waals surface area contributed by atoms with Crippen LogP contribution in [0.3, 0.4) is 0 Å². The van der Waals surface area contributed by atoms with Crippen molar-refractivity contribution in [3.05, 3.63) is 52.0 Å². The van der Waals surface area contributed by atoms with Gasteiger partial charge in [-0.2, -0.15) is 0 Å². The summed E-state index contributed by atoms with van der Waals surface area (Å²) >= 11 is 1.48. The van der Waals surface area contributed by atoms with Crippen LogP contribution < -0.4 is 11.1 Å². The molecule has 1 amide bonds. The molecular weight excluding hydrogens is 336 g/mol. The SMILES string of the molecule is NCCc1nc(C(=O)NC(CN2CCOCC2)c2ccccc2)cs1. The van der Waals surface area contributed by atoms with Crippen LogP contribution in [0, 0.1) is 0 Å². The highest BCUT2D eigenvalue weighted by atomic mass is 32.1. The Kier molecular flexibility index (Phi) is 6.52. The van der Waals surface area contributed by atoms with E-state index in [9.17, 15) is 4.79 Å². The lowest BCUT2D eigenvalue weighted by molar-refractivity contribution is 0.0332. The number of nitrogens with zero attached hydrogens (tertiary/aromatic N) is 2. The Morgan fingerprint density at radius 2 is 2.08 bits per heavy atom. The number of benzene rings is 1. The van der Waals surface area contributed by atoms with Crippen LogP contribution in [0.4, 0.5) is 0 Å². The lowest BCUT2D eigenvalue weighted by Gasteiger charge is -2.31. The Balaban J connectivity index is 1.70. The monoisotopic (exact) mass is 360 g/mol. The summed E-state index contributed by atoms with van der Waals surface area (Å²) in [6, 6.07) is 9.99. The molecule has 0 saturated carbocycles. The summed E-state index contributed by atoms with van der Waals surface area (Å²) < 4.78 is 5.42. The van der Waals surface area contributed by atoms with Gasteiger partial charge in [0.05, 0.1) is 24.3 Å². The van der Waals surface area contributed by atoms with Gasteiger partial charge in [-0.15, -0.1) is 11.3 Å². The lowest BCUT2D eigenvalue weighted by Crippen LogP contribution is -2.43. The zero-order chi connectivity index (χ0) is 17.5. The van der Waals surface area contributed by atoms with Crippen LogP contribution in [0.1, 0.15) is 27.1 Å². The molecule has 2 heterocycles. The van der Waals surface area contributed by atoms with E-state index in [1.165, 1.54) is 11.3 Å². The molecule has 2 aromatic rings. The van der Waals surface area contributed by atoms with E-state index in [4.69, 9.17) is 10.5 Å². The normalized spacial score (nSPS) is 16.5. The van der Waals surface area contributed by atoms with Gasteiger partial charge >= 0.3 is 0 Å². The highest BCUT2D eigenvalue weighted by Crippen LogP contribution is 2.17. The molecule has 1 aromatic carbocycles. The van der Waals surface area contributed by atoms with Crippen molar-refractivity contribution in [2.24, 2.45) is 5.73 Å². The van der Waals surface area contributed by atoms with Crippen LogP contribution in [-0.2, 0) is 11.2 Å². The first-order chi connectivity index (χ1) is 12.3. The van der Waals surface area contributed by atoms with Crippen molar-refractivity contribution >= 4 is 17.2 Å². The van der Waals surface area contributed by atoms with Gasteiger partial charge in [0, 0.05) is 31.4 Å². The average molecular weight is 360 g/mol. The van der Waals surface area contributed by atoms with Crippen molar-refractivity contribution in [3.8, 4) is 0 Å². The number of nitrogens with two attached hydrogens (primary N) is 1. The molecular formula is C18H24N4O2S. The molecule has 0 bridgehead atoms. The number of hydrogen-bond donors (Lipinski definition) is 2. The van der Waals surface area contributed by atoms with Gasteiger partial charge in [-0.05, 0) is 12.1 Å². The number of rotatable bonds is 7. The minimum atomic E-state index is -0.137. The first-order valence-electron chi connectivity index (χ1n) is 8.56. The summed E-state index contributed by atoms with van der Waals surface area (Å²) in [5.74, 6) is -0.137. The summed E-state index contributed by atoms with van der Waals surface area (Å²) in [4.78, 5) is 19.4. The van der Waals surface area contributed by atoms with E-state index in [0.29, 0.717) is 18.7 Å². The maximum Gasteiger partial charge on any atom is 0.271 e. The number of carbonyl (C=O) groups excluding carboxylic acids is 1. The fourth-order valence-electron chi connectivity index (χ4n) is 2.85. The molecule has 25 heavy (non-hydrogen) atoms. The topological polar surface area (TPSA) is 80.5 Å². The number of morpholine rings is 1. The van der Waals surface area contributed by atoms with E-state index in [1.807, 2.05) is 30.3 Å². The number of hydrogen-bond acceptors (Lipinski definition) is 6. The molecule has 1 unspecified atom stereocenters. The molecule has 3 rings (SSSR count).